The maximum absolute atomic E-state index is 12.3. The highest BCUT2D eigenvalue weighted by Gasteiger charge is 2.20. The Labute approximate surface area is 166 Å². The van der Waals surface area contributed by atoms with E-state index in [9.17, 15) is 4.79 Å². The van der Waals surface area contributed by atoms with E-state index < -0.39 is 11.7 Å². The Hall–Kier alpha value is -3.01. The van der Waals surface area contributed by atoms with Gasteiger partial charge in [0.1, 0.15) is 11.4 Å². The zero-order valence-corrected chi connectivity index (χ0v) is 16.6. The first-order valence-corrected chi connectivity index (χ1v) is 9.57. The van der Waals surface area contributed by atoms with Crippen LogP contribution in [0.5, 0.6) is 5.75 Å². The molecule has 1 atom stereocenters. The van der Waals surface area contributed by atoms with Crippen LogP contribution >= 0.6 is 0 Å². The summed E-state index contributed by atoms with van der Waals surface area (Å²) in [6.07, 6.45) is 0.207. The highest BCUT2D eigenvalue weighted by Crippen LogP contribution is 2.26. The number of nitrogens with one attached hydrogen (secondary N) is 1. The molecular weight excluding hydrogens is 350 g/mol. The number of hydrogen-bond donors (Lipinski definition) is 1. The van der Waals surface area contributed by atoms with E-state index in [1.807, 2.05) is 75.4 Å². The number of ether oxygens (including phenoxy) is 2. The fourth-order valence-electron chi connectivity index (χ4n) is 3.07. The Morgan fingerprint density at radius 3 is 2.36 bits per heavy atom. The van der Waals surface area contributed by atoms with Crippen molar-refractivity contribution in [3.8, 4) is 5.75 Å². The molecule has 0 aliphatic rings. The fourth-order valence-corrected chi connectivity index (χ4v) is 3.07. The first-order valence-electron chi connectivity index (χ1n) is 9.57. The molecule has 146 valence electrons. The van der Waals surface area contributed by atoms with Crippen molar-refractivity contribution in [2.75, 3.05) is 6.61 Å². The second kappa shape index (κ2) is 8.79. The molecule has 0 heterocycles. The van der Waals surface area contributed by atoms with Gasteiger partial charge in [0.05, 0.1) is 12.6 Å². The molecule has 0 aliphatic carbocycles. The Morgan fingerprint density at radius 2 is 1.61 bits per heavy atom. The minimum atomic E-state index is -0.537. The third kappa shape index (κ3) is 5.49. The molecule has 1 N–H and O–H groups in total. The molecule has 3 aromatic carbocycles. The van der Waals surface area contributed by atoms with E-state index in [2.05, 4.69) is 23.5 Å². The number of hydrogen-bond acceptors (Lipinski definition) is 3. The Balaban J connectivity index is 1.68. The van der Waals surface area contributed by atoms with Gasteiger partial charge >= 0.3 is 6.09 Å². The average molecular weight is 377 g/mol. The fraction of sp³-hybridized carbons (Fsp3) is 0.292. The summed E-state index contributed by atoms with van der Waals surface area (Å²) in [4.78, 5) is 12.3. The monoisotopic (exact) mass is 377 g/mol. The van der Waals surface area contributed by atoms with Gasteiger partial charge in [-0.1, -0.05) is 66.7 Å². The van der Waals surface area contributed by atoms with Gasteiger partial charge in [0.25, 0.3) is 0 Å². The Bertz CT molecular complexity index is 911. The van der Waals surface area contributed by atoms with Gasteiger partial charge in [-0.15, -0.1) is 0 Å². The number of benzene rings is 3. The number of amides is 1. The summed E-state index contributed by atoms with van der Waals surface area (Å²) in [5.74, 6) is 0.849. The van der Waals surface area contributed by atoms with Gasteiger partial charge in [-0.2, -0.15) is 0 Å². The van der Waals surface area contributed by atoms with Crippen LogP contribution in [-0.4, -0.2) is 18.3 Å². The number of fused-ring (bicyclic) bond motifs is 1. The molecule has 3 aromatic rings. The SMILES string of the molecule is CC(C)(C)OC(=O)NC(CCOc1cccc2ccccc12)c1ccccc1. The summed E-state index contributed by atoms with van der Waals surface area (Å²) in [6.45, 7) is 6.04. The topological polar surface area (TPSA) is 47.6 Å². The quantitative estimate of drug-likeness (QED) is 0.584. The van der Waals surface area contributed by atoms with Crippen molar-refractivity contribution in [2.24, 2.45) is 0 Å². The van der Waals surface area contributed by atoms with Gasteiger partial charge in [-0.05, 0) is 37.8 Å². The van der Waals surface area contributed by atoms with E-state index in [-0.39, 0.29) is 6.04 Å². The summed E-state index contributed by atoms with van der Waals surface area (Å²) in [5, 5.41) is 5.20. The van der Waals surface area contributed by atoms with Crippen molar-refractivity contribution in [3.05, 3.63) is 78.4 Å². The minimum Gasteiger partial charge on any atom is -0.493 e. The molecule has 0 fully saturated rings. The molecule has 0 aromatic heterocycles. The molecule has 4 nitrogen and oxygen atoms in total. The highest BCUT2D eigenvalue weighted by molar-refractivity contribution is 5.88. The molecule has 1 unspecified atom stereocenters. The van der Waals surface area contributed by atoms with Crippen LogP contribution in [0.25, 0.3) is 10.8 Å². The molecule has 0 spiro atoms. The smallest absolute Gasteiger partial charge is 0.408 e. The predicted octanol–water partition coefficient (Wildman–Crippen LogP) is 5.87. The Morgan fingerprint density at radius 1 is 0.929 bits per heavy atom. The number of alkyl carbamates (subject to hydrolysis) is 1. The molecule has 4 heteroatoms. The van der Waals surface area contributed by atoms with Gasteiger partial charge in [0, 0.05) is 11.8 Å². The maximum Gasteiger partial charge on any atom is 0.408 e. The molecule has 0 radical (unpaired) electrons. The zero-order valence-electron chi connectivity index (χ0n) is 16.6. The molecule has 3 rings (SSSR count). The third-order valence-corrected chi connectivity index (χ3v) is 4.31. The molecule has 1 amide bonds. The number of carbonyl (C=O) groups excluding carboxylic acids is 1. The average Bonchev–Trinajstić information content (AvgIpc) is 2.66. The van der Waals surface area contributed by atoms with Crippen molar-refractivity contribution in [3.63, 3.8) is 0 Å². The summed E-state index contributed by atoms with van der Waals surface area (Å²) in [7, 11) is 0. The van der Waals surface area contributed by atoms with Gasteiger partial charge in [0.2, 0.25) is 0 Å². The van der Waals surface area contributed by atoms with Crippen LogP contribution in [0.3, 0.4) is 0 Å². The predicted molar refractivity (Wildman–Crippen MR) is 113 cm³/mol. The van der Waals surface area contributed by atoms with Crippen molar-refractivity contribution < 1.29 is 14.3 Å². The van der Waals surface area contributed by atoms with Crippen molar-refractivity contribution in [2.45, 2.75) is 38.8 Å². The van der Waals surface area contributed by atoms with E-state index in [4.69, 9.17) is 9.47 Å². The van der Waals surface area contributed by atoms with E-state index in [1.54, 1.807) is 0 Å². The lowest BCUT2D eigenvalue weighted by Crippen LogP contribution is -2.35. The highest BCUT2D eigenvalue weighted by atomic mass is 16.6. The summed E-state index contributed by atoms with van der Waals surface area (Å²) in [6, 6.07) is 23.9. The van der Waals surface area contributed by atoms with E-state index in [0.29, 0.717) is 13.0 Å². The first kappa shape index (κ1) is 19.7. The molecule has 0 saturated heterocycles. The van der Waals surface area contributed by atoms with Crippen LogP contribution in [0.2, 0.25) is 0 Å². The van der Waals surface area contributed by atoms with Crippen LogP contribution in [0.4, 0.5) is 4.79 Å². The molecule has 0 saturated carbocycles. The molecule has 0 bridgehead atoms. The van der Waals surface area contributed by atoms with E-state index in [0.717, 1.165) is 22.1 Å². The standard InChI is InChI=1S/C24H27NO3/c1-24(2,3)28-23(26)25-21(19-11-5-4-6-12-19)16-17-27-22-15-9-13-18-10-7-8-14-20(18)22/h4-15,21H,16-17H2,1-3H3,(H,25,26). The summed E-state index contributed by atoms with van der Waals surface area (Å²) >= 11 is 0. The van der Waals surface area contributed by atoms with Gasteiger partial charge in [-0.3, -0.25) is 0 Å². The van der Waals surface area contributed by atoms with Crippen LogP contribution in [0.15, 0.2) is 72.8 Å². The Kier molecular flexibility index (Phi) is 6.19. The van der Waals surface area contributed by atoms with Crippen molar-refractivity contribution >= 4 is 16.9 Å². The third-order valence-electron chi connectivity index (χ3n) is 4.31. The summed E-state index contributed by atoms with van der Waals surface area (Å²) in [5.41, 5.74) is 0.486. The lowest BCUT2D eigenvalue weighted by Gasteiger charge is -2.24. The van der Waals surface area contributed by atoms with E-state index >= 15 is 0 Å². The van der Waals surface area contributed by atoms with Crippen LogP contribution < -0.4 is 10.1 Å². The van der Waals surface area contributed by atoms with E-state index in [1.165, 1.54) is 0 Å². The number of carbonyl (C=O) groups is 1. The van der Waals surface area contributed by atoms with Crippen molar-refractivity contribution in [1.29, 1.82) is 0 Å². The lowest BCUT2D eigenvalue weighted by atomic mass is 10.0. The van der Waals surface area contributed by atoms with Crippen LogP contribution in [0, 0.1) is 0 Å². The largest absolute Gasteiger partial charge is 0.493 e. The van der Waals surface area contributed by atoms with Gasteiger partial charge < -0.3 is 14.8 Å². The lowest BCUT2D eigenvalue weighted by molar-refractivity contribution is 0.0497. The van der Waals surface area contributed by atoms with Gasteiger partial charge in [-0.25, -0.2) is 4.79 Å². The molecule has 0 aliphatic heterocycles. The zero-order chi connectivity index (χ0) is 20.0. The van der Waals surface area contributed by atoms with Crippen molar-refractivity contribution in [1.82, 2.24) is 5.32 Å². The van der Waals surface area contributed by atoms with Crippen LogP contribution in [0.1, 0.15) is 38.8 Å². The first-order chi connectivity index (χ1) is 13.4. The second-order valence-corrected chi connectivity index (χ2v) is 7.72. The minimum absolute atomic E-state index is 0.189. The second-order valence-electron chi connectivity index (χ2n) is 7.72. The van der Waals surface area contributed by atoms with Gasteiger partial charge in [0.15, 0.2) is 0 Å². The van der Waals surface area contributed by atoms with Crippen LogP contribution in [-0.2, 0) is 4.74 Å². The number of rotatable bonds is 6. The maximum atomic E-state index is 12.3. The summed E-state index contributed by atoms with van der Waals surface area (Å²) < 4.78 is 11.5. The molecule has 28 heavy (non-hydrogen) atoms. The molecular formula is C24H27NO3. The normalized spacial score (nSPS) is 12.4.